The molecule has 1 aliphatic heterocycles. The third kappa shape index (κ3) is 6.55. The molecule has 1 aliphatic carbocycles. The second kappa shape index (κ2) is 14.0. The molecule has 2 aliphatic rings. The summed E-state index contributed by atoms with van der Waals surface area (Å²) in [6.45, 7) is 10.7. The van der Waals surface area contributed by atoms with Crippen molar-refractivity contribution in [1.82, 2.24) is 33.6 Å². The number of piperazine rings is 1. The van der Waals surface area contributed by atoms with E-state index in [1.165, 1.54) is 14.8 Å². The molecule has 0 amide bonds. The number of ether oxygens (including phenoxy) is 1. The van der Waals surface area contributed by atoms with E-state index in [1.54, 1.807) is 38.7 Å². The van der Waals surface area contributed by atoms with Gasteiger partial charge >= 0.3 is 0 Å². The zero-order valence-electron chi connectivity index (χ0n) is 29.2. The Balaban J connectivity index is 0.00000432. The molecule has 264 valence electrons. The van der Waals surface area contributed by atoms with Gasteiger partial charge in [-0.25, -0.2) is 14.6 Å². The highest BCUT2D eigenvalue weighted by molar-refractivity contribution is 7.59. The molecule has 2 N–H and O–H groups in total. The Hall–Kier alpha value is -4.50. The summed E-state index contributed by atoms with van der Waals surface area (Å²) in [6, 6.07) is 9.54. The van der Waals surface area contributed by atoms with Crippen LogP contribution in [0, 0.1) is 5.41 Å². The fraction of sp³-hybridized carbons (Fsp3) is 0.417. The van der Waals surface area contributed by atoms with Crippen LogP contribution >= 0.6 is 13.5 Å². The first-order valence-electron chi connectivity index (χ1n) is 16.7. The second-order valence-electron chi connectivity index (χ2n) is 13.9. The number of aliphatic hydroxyl groups is 1. The average Bonchev–Trinajstić information content (AvgIpc) is 3.58. The average molecular weight is 700 g/mol. The Bertz CT molecular complexity index is 2140. The monoisotopic (exact) mass is 699 g/mol. The molecule has 7 rings (SSSR count). The number of aryl methyl sites for hydroxylation is 1. The first kappa shape index (κ1) is 35.3. The van der Waals surface area contributed by atoms with E-state index < -0.39 is 6.61 Å². The van der Waals surface area contributed by atoms with Gasteiger partial charge in [0.2, 0.25) is 0 Å². The summed E-state index contributed by atoms with van der Waals surface area (Å²) in [4.78, 5) is 40.9. The van der Waals surface area contributed by atoms with Crippen LogP contribution in [0.4, 0.5) is 17.2 Å². The summed E-state index contributed by atoms with van der Waals surface area (Å²) in [6.07, 6.45) is 8.81. The number of anilines is 3. The molecule has 1 atom stereocenters. The van der Waals surface area contributed by atoms with Crippen molar-refractivity contribution < 1.29 is 9.84 Å². The summed E-state index contributed by atoms with van der Waals surface area (Å²) < 4.78 is 9.94. The predicted molar refractivity (Wildman–Crippen MR) is 199 cm³/mol. The van der Waals surface area contributed by atoms with Gasteiger partial charge in [0.05, 0.1) is 30.8 Å². The molecule has 0 bridgehead atoms. The van der Waals surface area contributed by atoms with Crippen molar-refractivity contribution >= 4 is 36.2 Å². The van der Waals surface area contributed by atoms with Crippen molar-refractivity contribution in [3.05, 3.63) is 92.6 Å². The highest BCUT2D eigenvalue weighted by atomic mass is 32.1. The summed E-state index contributed by atoms with van der Waals surface area (Å²) in [5.74, 6) is 0.829. The first-order chi connectivity index (χ1) is 23.6. The largest absolute Gasteiger partial charge is 0.392 e. The van der Waals surface area contributed by atoms with Gasteiger partial charge in [0, 0.05) is 81.8 Å². The van der Waals surface area contributed by atoms with E-state index in [2.05, 4.69) is 51.0 Å². The highest BCUT2D eigenvalue weighted by Gasteiger charge is 2.32. The van der Waals surface area contributed by atoms with Gasteiger partial charge in [-0.2, -0.15) is 18.6 Å². The lowest BCUT2D eigenvalue weighted by atomic mass is 9.90. The van der Waals surface area contributed by atoms with Crippen molar-refractivity contribution in [3.63, 3.8) is 0 Å². The van der Waals surface area contributed by atoms with Crippen LogP contribution in [0.25, 0.3) is 22.6 Å². The van der Waals surface area contributed by atoms with Crippen molar-refractivity contribution in [3.8, 4) is 17.1 Å². The Morgan fingerprint density at radius 3 is 2.60 bits per heavy atom. The molecule has 0 spiro atoms. The van der Waals surface area contributed by atoms with Crippen molar-refractivity contribution in [2.45, 2.75) is 46.3 Å². The van der Waals surface area contributed by atoms with E-state index >= 15 is 0 Å². The van der Waals surface area contributed by atoms with Crippen LogP contribution in [-0.2, 0) is 31.2 Å². The van der Waals surface area contributed by atoms with Gasteiger partial charge in [0.1, 0.15) is 22.8 Å². The Morgan fingerprint density at radius 1 is 1.06 bits per heavy atom. The fourth-order valence-electron chi connectivity index (χ4n) is 7.35. The van der Waals surface area contributed by atoms with Crippen molar-refractivity contribution in [1.29, 1.82) is 0 Å². The molecule has 0 radical (unpaired) electrons. The van der Waals surface area contributed by atoms with Gasteiger partial charge in [-0.1, -0.05) is 13.8 Å². The second-order valence-corrected chi connectivity index (χ2v) is 13.9. The molecule has 50 heavy (non-hydrogen) atoms. The van der Waals surface area contributed by atoms with Gasteiger partial charge in [0.25, 0.3) is 11.1 Å². The molecule has 5 aromatic heterocycles. The normalized spacial score (nSPS) is 17.2. The van der Waals surface area contributed by atoms with Crippen molar-refractivity contribution in [2.75, 3.05) is 50.1 Å². The maximum Gasteiger partial charge on any atom is 0.290 e. The molecule has 0 unspecified atom stereocenters. The molecular weight excluding hydrogens is 655 g/mol. The predicted octanol–water partition coefficient (Wildman–Crippen LogP) is 3.27. The minimum absolute atomic E-state index is 0. The fourth-order valence-corrected chi connectivity index (χ4v) is 7.35. The zero-order valence-corrected chi connectivity index (χ0v) is 30.2. The third-order valence-electron chi connectivity index (χ3n) is 9.77. The number of fused-ring (bicyclic) bond motifs is 3. The molecule has 6 heterocycles. The lowest BCUT2D eigenvalue weighted by Crippen LogP contribution is -2.52. The molecule has 1 fully saturated rings. The summed E-state index contributed by atoms with van der Waals surface area (Å²) in [5, 5.41) is 18.3. The topological polar surface area (TPSA) is 135 Å². The van der Waals surface area contributed by atoms with Crippen LogP contribution in [-0.4, -0.2) is 84.7 Å². The maximum atomic E-state index is 13.8. The van der Waals surface area contributed by atoms with E-state index in [1.807, 2.05) is 35.0 Å². The van der Waals surface area contributed by atoms with Gasteiger partial charge in [-0.05, 0) is 61.1 Å². The van der Waals surface area contributed by atoms with Crippen LogP contribution in [0.2, 0.25) is 0 Å². The summed E-state index contributed by atoms with van der Waals surface area (Å²) in [5.41, 5.74) is 5.25. The zero-order chi connectivity index (χ0) is 34.4. The number of aromatic nitrogens is 6. The lowest BCUT2D eigenvalue weighted by molar-refractivity contribution is 0.136. The minimum Gasteiger partial charge on any atom is -0.392 e. The molecule has 14 heteroatoms. The summed E-state index contributed by atoms with van der Waals surface area (Å²) in [7, 11) is 3.30. The molecule has 13 nitrogen and oxygen atoms in total. The van der Waals surface area contributed by atoms with Gasteiger partial charge in [-0.15, -0.1) is 0 Å². The van der Waals surface area contributed by atoms with Crippen LogP contribution in [0.1, 0.15) is 37.6 Å². The summed E-state index contributed by atoms with van der Waals surface area (Å²) >= 11 is 0. The van der Waals surface area contributed by atoms with E-state index in [9.17, 15) is 14.7 Å². The van der Waals surface area contributed by atoms with Gasteiger partial charge in [-0.3, -0.25) is 19.1 Å². The van der Waals surface area contributed by atoms with E-state index in [-0.39, 0.29) is 35.7 Å². The quantitative estimate of drug-likeness (QED) is 0.236. The number of nitrogens with one attached hydrogen (secondary N) is 1. The van der Waals surface area contributed by atoms with Crippen molar-refractivity contribution in [2.24, 2.45) is 12.5 Å². The lowest BCUT2D eigenvalue weighted by Gasteiger charge is -2.41. The number of rotatable bonds is 9. The van der Waals surface area contributed by atoms with E-state index in [0.717, 1.165) is 57.0 Å². The maximum absolute atomic E-state index is 13.8. The smallest absolute Gasteiger partial charge is 0.290 e. The number of hydrogen-bond donors (Lipinski definition) is 2. The Kier molecular flexibility index (Phi) is 9.91. The van der Waals surface area contributed by atoms with E-state index in [4.69, 9.17) is 4.74 Å². The van der Waals surface area contributed by atoms with Gasteiger partial charge in [0.15, 0.2) is 0 Å². The number of hydrogen-bond acceptors (Lipinski definition) is 10. The van der Waals surface area contributed by atoms with Crippen LogP contribution in [0.15, 0.2) is 64.7 Å². The number of pyridine rings is 2. The number of nitrogens with zero attached hydrogens (tertiary/aromatic N) is 8. The van der Waals surface area contributed by atoms with Crippen LogP contribution in [0.5, 0.6) is 0 Å². The molecular formula is C36H45N9O4S. The molecule has 1 saturated heterocycles. The van der Waals surface area contributed by atoms with Crippen LogP contribution in [0.3, 0.4) is 0 Å². The van der Waals surface area contributed by atoms with Crippen LogP contribution < -0.4 is 21.3 Å². The molecule has 0 aromatic carbocycles. The Morgan fingerprint density at radius 2 is 1.88 bits per heavy atom. The molecule has 0 saturated carbocycles. The van der Waals surface area contributed by atoms with E-state index in [0.29, 0.717) is 40.0 Å². The minimum atomic E-state index is -0.392. The standard InChI is InChI=1S/C36H43N9O4.H2S/c1-23-21-42(14-15-49-5)10-11-43(23)25-6-7-32(38-20-25)39-29-17-28(40-41(4)34(29)47)26-8-9-37-33(27(26)22-46)45-13-12-44-30(35(45)48)16-24-18-36(2,3)19-31(24)44;/h6-9,12-13,16-17,20,23,46H,10-11,14-15,18-19,21-22H2,1-5H3,(H,38,39);1H2/t23-;/m0./s1. The highest BCUT2D eigenvalue weighted by Crippen LogP contribution is 2.37. The Labute approximate surface area is 297 Å². The SMILES string of the molecule is COCCN1CCN(c2ccc(Nc3cc(-c4ccnc(-n5ccn6c7c(cc6c5=O)CC(C)(C)C7)c4CO)nn(C)c3=O)nc2)[C@@H](C)C1.S. The number of methoxy groups -OCH3 is 1. The number of aliphatic hydroxyl groups excluding tert-OH is 1. The molecule has 5 aromatic rings. The first-order valence-corrected chi connectivity index (χ1v) is 16.7. The third-order valence-corrected chi connectivity index (χ3v) is 9.77. The van der Waals surface area contributed by atoms with Gasteiger partial charge < -0.3 is 24.5 Å².